The average molecular weight is 297 g/mol. The van der Waals surface area contributed by atoms with Gasteiger partial charge in [-0.05, 0) is 37.8 Å². The van der Waals surface area contributed by atoms with Gasteiger partial charge in [0.05, 0.1) is 6.04 Å². The van der Waals surface area contributed by atoms with Crippen LogP contribution in [-0.2, 0) is 11.2 Å². The zero-order chi connectivity index (χ0) is 13.5. The lowest BCUT2D eigenvalue weighted by Gasteiger charge is -2.20. The molecule has 0 aromatic heterocycles. The normalized spacial score (nSPS) is 19.1. The highest BCUT2D eigenvalue weighted by Gasteiger charge is 2.23. The summed E-state index contributed by atoms with van der Waals surface area (Å²) in [7, 11) is 0. The van der Waals surface area contributed by atoms with Gasteiger partial charge in [-0.15, -0.1) is 12.4 Å². The third-order valence-corrected chi connectivity index (χ3v) is 3.69. The molecule has 20 heavy (non-hydrogen) atoms. The smallest absolute Gasteiger partial charge is 0.237 e. The molecular formula is C16H25ClN2O. The van der Waals surface area contributed by atoms with Crippen LogP contribution in [0.3, 0.4) is 0 Å². The molecule has 1 heterocycles. The zero-order valence-corrected chi connectivity index (χ0v) is 12.9. The molecule has 1 saturated heterocycles. The molecule has 0 radical (unpaired) electrons. The predicted molar refractivity (Wildman–Crippen MR) is 85.3 cm³/mol. The van der Waals surface area contributed by atoms with Crippen molar-refractivity contribution in [2.45, 2.75) is 51.1 Å². The maximum absolute atomic E-state index is 12.1. The zero-order valence-electron chi connectivity index (χ0n) is 12.1. The number of hydrogen-bond donors (Lipinski definition) is 2. The van der Waals surface area contributed by atoms with Gasteiger partial charge in [-0.25, -0.2) is 0 Å². The molecule has 1 aromatic carbocycles. The largest absolute Gasteiger partial charge is 0.352 e. The molecule has 0 saturated carbocycles. The molecule has 1 amide bonds. The highest BCUT2D eigenvalue weighted by molar-refractivity contribution is 5.85. The third kappa shape index (κ3) is 5.14. The van der Waals surface area contributed by atoms with Crippen molar-refractivity contribution in [1.82, 2.24) is 10.6 Å². The molecule has 2 unspecified atom stereocenters. The topological polar surface area (TPSA) is 41.1 Å². The fourth-order valence-electron chi connectivity index (χ4n) is 2.68. The second-order valence-electron chi connectivity index (χ2n) is 5.33. The van der Waals surface area contributed by atoms with Crippen LogP contribution in [0.15, 0.2) is 30.3 Å². The van der Waals surface area contributed by atoms with E-state index in [1.807, 2.05) is 6.07 Å². The van der Waals surface area contributed by atoms with E-state index in [-0.39, 0.29) is 30.4 Å². The number of hydrogen-bond acceptors (Lipinski definition) is 2. The van der Waals surface area contributed by atoms with Crippen molar-refractivity contribution in [2.24, 2.45) is 0 Å². The number of nitrogens with one attached hydrogen (secondary N) is 2. The molecule has 2 N–H and O–H groups in total. The van der Waals surface area contributed by atoms with Gasteiger partial charge in [-0.2, -0.15) is 0 Å². The van der Waals surface area contributed by atoms with E-state index in [1.54, 1.807) is 0 Å². The van der Waals surface area contributed by atoms with E-state index >= 15 is 0 Å². The molecule has 1 fully saturated rings. The van der Waals surface area contributed by atoms with Crippen molar-refractivity contribution in [3.8, 4) is 0 Å². The van der Waals surface area contributed by atoms with E-state index in [1.165, 1.54) is 5.56 Å². The highest BCUT2D eigenvalue weighted by Crippen LogP contribution is 2.10. The van der Waals surface area contributed by atoms with E-state index in [2.05, 4.69) is 41.8 Å². The lowest BCUT2D eigenvalue weighted by molar-refractivity contribution is -0.123. The van der Waals surface area contributed by atoms with Crippen molar-refractivity contribution in [1.29, 1.82) is 0 Å². The molecule has 2 rings (SSSR count). The Morgan fingerprint density at radius 3 is 2.75 bits per heavy atom. The first kappa shape index (κ1) is 17.0. The summed E-state index contributed by atoms with van der Waals surface area (Å²) < 4.78 is 0. The molecule has 1 aliphatic rings. The molecule has 0 spiro atoms. The molecular weight excluding hydrogens is 272 g/mol. The molecule has 4 heteroatoms. The molecule has 1 aromatic rings. The lowest BCUT2D eigenvalue weighted by atomic mass is 10.0. The Morgan fingerprint density at radius 2 is 2.15 bits per heavy atom. The number of rotatable bonds is 6. The maximum Gasteiger partial charge on any atom is 0.237 e. The second-order valence-corrected chi connectivity index (χ2v) is 5.33. The summed E-state index contributed by atoms with van der Waals surface area (Å²) in [6.07, 6.45) is 5.13. The van der Waals surface area contributed by atoms with E-state index in [4.69, 9.17) is 0 Å². The summed E-state index contributed by atoms with van der Waals surface area (Å²) in [6.45, 7) is 3.13. The van der Waals surface area contributed by atoms with Gasteiger partial charge in [0, 0.05) is 6.04 Å². The van der Waals surface area contributed by atoms with Crippen molar-refractivity contribution in [3.05, 3.63) is 35.9 Å². The van der Waals surface area contributed by atoms with Gasteiger partial charge in [0.25, 0.3) is 0 Å². The minimum absolute atomic E-state index is 0. The van der Waals surface area contributed by atoms with Crippen LogP contribution in [0.5, 0.6) is 0 Å². The Bertz CT molecular complexity index is 391. The fraction of sp³-hybridized carbons (Fsp3) is 0.562. The standard InChI is InChI=1S/C16H24N2O.ClH/c1-2-7-14(12-13-8-4-3-5-9-13)18-16(19)15-10-6-11-17-15;/h3-5,8-9,14-15,17H,2,6-7,10-12H2,1H3,(H,18,19);1H. The van der Waals surface area contributed by atoms with Crippen molar-refractivity contribution in [3.63, 3.8) is 0 Å². The summed E-state index contributed by atoms with van der Waals surface area (Å²) >= 11 is 0. The first-order chi connectivity index (χ1) is 9.29. The Kier molecular flexibility index (Phi) is 7.63. The molecule has 0 bridgehead atoms. The second kappa shape index (κ2) is 8.98. The Balaban J connectivity index is 0.00000200. The van der Waals surface area contributed by atoms with Crippen LogP contribution in [0.1, 0.15) is 38.2 Å². The van der Waals surface area contributed by atoms with E-state index < -0.39 is 0 Å². The van der Waals surface area contributed by atoms with Gasteiger partial charge in [0.15, 0.2) is 0 Å². The van der Waals surface area contributed by atoms with E-state index in [0.29, 0.717) is 0 Å². The number of amides is 1. The summed E-state index contributed by atoms with van der Waals surface area (Å²) in [6, 6.07) is 10.7. The van der Waals surface area contributed by atoms with Gasteiger partial charge in [-0.1, -0.05) is 43.7 Å². The lowest BCUT2D eigenvalue weighted by Crippen LogP contribution is -2.45. The van der Waals surface area contributed by atoms with Crippen molar-refractivity contribution < 1.29 is 4.79 Å². The summed E-state index contributed by atoms with van der Waals surface area (Å²) in [5.41, 5.74) is 1.29. The van der Waals surface area contributed by atoms with E-state index in [9.17, 15) is 4.79 Å². The SMILES string of the molecule is CCCC(Cc1ccccc1)NC(=O)C1CCCN1.Cl. The third-order valence-electron chi connectivity index (χ3n) is 3.69. The maximum atomic E-state index is 12.1. The summed E-state index contributed by atoms with van der Waals surface area (Å²) in [5.74, 6) is 0.173. The van der Waals surface area contributed by atoms with Crippen LogP contribution < -0.4 is 10.6 Å². The van der Waals surface area contributed by atoms with Gasteiger partial charge in [0.2, 0.25) is 5.91 Å². The van der Waals surface area contributed by atoms with Crippen LogP contribution in [0.2, 0.25) is 0 Å². The number of carbonyl (C=O) groups is 1. The minimum Gasteiger partial charge on any atom is -0.352 e. The monoisotopic (exact) mass is 296 g/mol. The summed E-state index contributed by atoms with van der Waals surface area (Å²) in [4.78, 5) is 12.1. The fourth-order valence-corrected chi connectivity index (χ4v) is 2.68. The Labute approximate surface area is 127 Å². The van der Waals surface area contributed by atoms with Gasteiger partial charge >= 0.3 is 0 Å². The first-order valence-corrected chi connectivity index (χ1v) is 7.37. The van der Waals surface area contributed by atoms with Gasteiger partial charge in [-0.3, -0.25) is 4.79 Å². The number of carbonyl (C=O) groups excluding carboxylic acids is 1. The van der Waals surface area contributed by atoms with Crippen molar-refractivity contribution >= 4 is 18.3 Å². The number of halogens is 1. The van der Waals surface area contributed by atoms with Crippen LogP contribution >= 0.6 is 12.4 Å². The molecule has 1 aliphatic heterocycles. The first-order valence-electron chi connectivity index (χ1n) is 7.37. The molecule has 2 atom stereocenters. The molecule has 0 aliphatic carbocycles. The van der Waals surface area contributed by atoms with Crippen LogP contribution in [0.4, 0.5) is 0 Å². The van der Waals surface area contributed by atoms with Crippen molar-refractivity contribution in [2.75, 3.05) is 6.54 Å². The van der Waals surface area contributed by atoms with Crippen LogP contribution in [0.25, 0.3) is 0 Å². The molecule has 3 nitrogen and oxygen atoms in total. The molecule has 112 valence electrons. The number of benzene rings is 1. The van der Waals surface area contributed by atoms with Crippen LogP contribution in [0, 0.1) is 0 Å². The summed E-state index contributed by atoms with van der Waals surface area (Å²) in [5, 5.41) is 6.46. The van der Waals surface area contributed by atoms with E-state index in [0.717, 1.165) is 38.6 Å². The average Bonchev–Trinajstić information content (AvgIpc) is 2.94. The Hall–Kier alpha value is -1.06. The van der Waals surface area contributed by atoms with Gasteiger partial charge in [0.1, 0.15) is 0 Å². The Morgan fingerprint density at radius 1 is 1.40 bits per heavy atom. The highest BCUT2D eigenvalue weighted by atomic mass is 35.5. The minimum atomic E-state index is 0. The van der Waals surface area contributed by atoms with Crippen LogP contribution in [-0.4, -0.2) is 24.5 Å². The quantitative estimate of drug-likeness (QED) is 0.847. The van der Waals surface area contributed by atoms with Gasteiger partial charge < -0.3 is 10.6 Å². The predicted octanol–water partition coefficient (Wildman–Crippen LogP) is 2.69.